The topological polar surface area (TPSA) is 104 Å². The standard InChI is InChI=1S/C22H23N3O6S/c1-29-12-4-11-24(21(26)15-5-7-16(8-6-15)25(27)28)22-23-19(14-32-22)18-13-17(30-2)9-10-20(18)31-3/h5-10,13-14H,4,11-12H2,1-3H3. The maximum Gasteiger partial charge on any atom is 0.269 e. The van der Waals surface area contributed by atoms with Crippen molar-refractivity contribution in [3.8, 4) is 22.8 Å². The first-order valence-corrected chi connectivity index (χ1v) is 10.6. The molecule has 0 bridgehead atoms. The molecule has 1 aromatic heterocycles. The first kappa shape index (κ1) is 23.2. The van der Waals surface area contributed by atoms with Crippen molar-refractivity contribution in [1.29, 1.82) is 0 Å². The fourth-order valence-electron chi connectivity index (χ4n) is 3.06. The molecule has 0 fully saturated rings. The fourth-order valence-corrected chi connectivity index (χ4v) is 3.91. The highest BCUT2D eigenvalue weighted by Crippen LogP contribution is 2.36. The largest absolute Gasteiger partial charge is 0.497 e. The Morgan fingerprint density at radius 1 is 1.12 bits per heavy atom. The van der Waals surface area contributed by atoms with Crippen molar-refractivity contribution in [2.75, 3.05) is 39.4 Å². The molecular weight excluding hydrogens is 434 g/mol. The van der Waals surface area contributed by atoms with E-state index in [9.17, 15) is 14.9 Å². The molecule has 32 heavy (non-hydrogen) atoms. The highest BCUT2D eigenvalue weighted by Gasteiger charge is 2.22. The minimum atomic E-state index is -0.501. The van der Waals surface area contributed by atoms with Gasteiger partial charge >= 0.3 is 0 Å². The molecule has 3 rings (SSSR count). The fraction of sp³-hybridized carbons (Fsp3) is 0.273. The van der Waals surface area contributed by atoms with Crippen molar-refractivity contribution in [2.45, 2.75) is 6.42 Å². The number of nitro benzene ring substituents is 1. The summed E-state index contributed by atoms with van der Waals surface area (Å²) in [7, 11) is 4.76. The number of aromatic nitrogens is 1. The molecule has 0 radical (unpaired) electrons. The number of ether oxygens (including phenoxy) is 3. The van der Waals surface area contributed by atoms with Gasteiger partial charge in [-0.05, 0) is 36.8 Å². The highest BCUT2D eigenvalue weighted by molar-refractivity contribution is 7.14. The van der Waals surface area contributed by atoms with Crippen molar-refractivity contribution in [1.82, 2.24) is 4.98 Å². The number of hydrogen-bond donors (Lipinski definition) is 0. The summed E-state index contributed by atoms with van der Waals surface area (Å²) in [4.78, 5) is 29.9. The Balaban J connectivity index is 1.94. The summed E-state index contributed by atoms with van der Waals surface area (Å²) in [6.07, 6.45) is 0.604. The Labute approximate surface area is 189 Å². The maximum absolute atomic E-state index is 13.2. The number of benzene rings is 2. The van der Waals surface area contributed by atoms with Gasteiger partial charge in [0.05, 0.1) is 24.8 Å². The number of carbonyl (C=O) groups excluding carboxylic acids is 1. The van der Waals surface area contributed by atoms with Crippen molar-refractivity contribution >= 4 is 28.1 Å². The van der Waals surface area contributed by atoms with E-state index in [0.29, 0.717) is 47.5 Å². The number of anilines is 1. The van der Waals surface area contributed by atoms with Crippen LogP contribution in [0.25, 0.3) is 11.3 Å². The molecule has 0 aliphatic carbocycles. The number of nitro groups is 1. The molecule has 10 heteroatoms. The van der Waals surface area contributed by atoms with Gasteiger partial charge in [0.2, 0.25) is 0 Å². The summed E-state index contributed by atoms with van der Waals surface area (Å²) < 4.78 is 15.9. The van der Waals surface area contributed by atoms with Gasteiger partial charge in [-0.1, -0.05) is 0 Å². The zero-order chi connectivity index (χ0) is 23.1. The van der Waals surface area contributed by atoms with E-state index in [0.717, 1.165) is 5.56 Å². The van der Waals surface area contributed by atoms with Crippen LogP contribution < -0.4 is 14.4 Å². The van der Waals surface area contributed by atoms with Gasteiger partial charge in [-0.15, -0.1) is 11.3 Å². The van der Waals surface area contributed by atoms with Crippen LogP contribution in [-0.2, 0) is 4.74 Å². The summed E-state index contributed by atoms with van der Waals surface area (Å²) in [5, 5.41) is 13.3. The Morgan fingerprint density at radius 3 is 2.50 bits per heavy atom. The zero-order valence-electron chi connectivity index (χ0n) is 17.9. The molecule has 9 nitrogen and oxygen atoms in total. The van der Waals surface area contributed by atoms with Gasteiger partial charge in [-0.25, -0.2) is 4.98 Å². The number of thiazole rings is 1. The van der Waals surface area contributed by atoms with Crippen LogP contribution in [0, 0.1) is 10.1 Å². The van der Waals surface area contributed by atoms with Crippen molar-refractivity contribution < 1.29 is 23.9 Å². The molecule has 0 N–H and O–H groups in total. The van der Waals surface area contributed by atoms with Gasteiger partial charge in [0.25, 0.3) is 11.6 Å². The van der Waals surface area contributed by atoms with Crippen LogP contribution >= 0.6 is 11.3 Å². The van der Waals surface area contributed by atoms with Gasteiger partial charge in [0, 0.05) is 48.9 Å². The molecule has 0 aliphatic rings. The molecule has 168 valence electrons. The third kappa shape index (κ3) is 5.21. The van der Waals surface area contributed by atoms with Gasteiger partial charge in [-0.3, -0.25) is 19.8 Å². The molecule has 2 aromatic carbocycles. The normalized spacial score (nSPS) is 10.6. The minimum Gasteiger partial charge on any atom is -0.497 e. The Morgan fingerprint density at radius 2 is 1.88 bits per heavy atom. The predicted octanol–water partition coefficient (Wildman–Crippen LogP) is 4.42. The van der Waals surface area contributed by atoms with E-state index in [1.54, 1.807) is 38.4 Å². The van der Waals surface area contributed by atoms with Crippen LogP contribution in [0.15, 0.2) is 47.8 Å². The molecule has 0 spiro atoms. The lowest BCUT2D eigenvalue weighted by molar-refractivity contribution is -0.384. The lowest BCUT2D eigenvalue weighted by Gasteiger charge is -2.20. The third-order valence-electron chi connectivity index (χ3n) is 4.71. The van der Waals surface area contributed by atoms with E-state index in [4.69, 9.17) is 14.2 Å². The third-order valence-corrected chi connectivity index (χ3v) is 5.57. The van der Waals surface area contributed by atoms with E-state index in [1.165, 1.54) is 35.6 Å². The Bertz CT molecular complexity index is 1080. The average Bonchev–Trinajstić information content (AvgIpc) is 3.30. The Kier molecular flexibility index (Phi) is 7.74. The monoisotopic (exact) mass is 457 g/mol. The van der Waals surface area contributed by atoms with E-state index in [-0.39, 0.29) is 11.6 Å². The summed E-state index contributed by atoms with van der Waals surface area (Å²) in [5.74, 6) is 0.999. The van der Waals surface area contributed by atoms with Crippen molar-refractivity contribution in [2.24, 2.45) is 0 Å². The second-order valence-corrected chi connectivity index (χ2v) is 7.53. The maximum atomic E-state index is 13.2. The number of amides is 1. The molecule has 0 unspecified atom stereocenters. The van der Waals surface area contributed by atoms with Crippen LogP contribution in [0.2, 0.25) is 0 Å². The first-order chi connectivity index (χ1) is 15.5. The quantitative estimate of drug-likeness (QED) is 0.252. The number of rotatable bonds is 10. The van der Waals surface area contributed by atoms with E-state index in [1.807, 2.05) is 11.4 Å². The van der Waals surface area contributed by atoms with E-state index >= 15 is 0 Å². The second-order valence-electron chi connectivity index (χ2n) is 6.69. The SMILES string of the molecule is COCCCN(C(=O)c1ccc([N+](=O)[O-])cc1)c1nc(-c2cc(OC)ccc2OC)cs1. The molecule has 1 heterocycles. The van der Waals surface area contributed by atoms with Crippen LogP contribution in [0.3, 0.4) is 0 Å². The van der Waals surface area contributed by atoms with Crippen LogP contribution in [0.5, 0.6) is 11.5 Å². The molecule has 3 aromatic rings. The number of carbonyl (C=O) groups is 1. The second kappa shape index (κ2) is 10.7. The highest BCUT2D eigenvalue weighted by atomic mass is 32.1. The van der Waals surface area contributed by atoms with Crippen LogP contribution in [-0.4, -0.2) is 50.3 Å². The molecule has 0 saturated carbocycles. The van der Waals surface area contributed by atoms with Gasteiger partial charge in [-0.2, -0.15) is 0 Å². The lowest BCUT2D eigenvalue weighted by Crippen LogP contribution is -2.32. The van der Waals surface area contributed by atoms with Crippen LogP contribution in [0.1, 0.15) is 16.8 Å². The van der Waals surface area contributed by atoms with E-state index in [2.05, 4.69) is 4.98 Å². The van der Waals surface area contributed by atoms with Crippen molar-refractivity contribution in [3.63, 3.8) is 0 Å². The van der Waals surface area contributed by atoms with Gasteiger partial charge in [0.15, 0.2) is 5.13 Å². The Hall–Kier alpha value is -3.50. The summed E-state index contributed by atoms with van der Waals surface area (Å²) in [6, 6.07) is 10.9. The number of nitrogens with zero attached hydrogens (tertiary/aromatic N) is 3. The molecule has 0 saturated heterocycles. The molecular formula is C22H23N3O6S. The van der Waals surface area contributed by atoms with Crippen LogP contribution in [0.4, 0.5) is 10.8 Å². The number of hydrogen-bond acceptors (Lipinski definition) is 8. The molecule has 1 amide bonds. The van der Waals surface area contributed by atoms with E-state index < -0.39 is 4.92 Å². The number of methoxy groups -OCH3 is 3. The number of non-ortho nitro benzene ring substituents is 1. The summed E-state index contributed by atoms with van der Waals surface area (Å²) in [5.41, 5.74) is 1.65. The van der Waals surface area contributed by atoms with Gasteiger partial charge in [0.1, 0.15) is 11.5 Å². The lowest BCUT2D eigenvalue weighted by atomic mass is 10.1. The average molecular weight is 458 g/mol. The molecule has 0 atom stereocenters. The summed E-state index contributed by atoms with van der Waals surface area (Å²) >= 11 is 1.32. The minimum absolute atomic E-state index is 0.0749. The predicted molar refractivity (Wildman–Crippen MR) is 122 cm³/mol. The first-order valence-electron chi connectivity index (χ1n) is 9.71. The molecule has 0 aliphatic heterocycles. The van der Waals surface area contributed by atoms with Crippen molar-refractivity contribution in [3.05, 3.63) is 63.5 Å². The smallest absolute Gasteiger partial charge is 0.269 e. The zero-order valence-corrected chi connectivity index (χ0v) is 18.8. The van der Waals surface area contributed by atoms with Gasteiger partial charge < -0.3 is 14.2 Å². The summed E-state index contributed by atoms with van der Waals surface area (Å²) in [6.45, 7) is 0.859.